The van der Waals surface area contributed by atoms with E-state index in [1.165, 1.54) is 12.1 Å². The maximum absolute atomic E-state index is 13.3. The van der Waals surface area contributed by atoms with E-state index in [2.05, 4.69) is 15.7 Å². The Morgan fingerprint density at radius 1 is 1.18 bits per heavy atom. The molecule has 0 saturated heterocycles. The van der Waals surface area contributed by atoms with Crippen LogP contribution in [-0.4, -0.2) is 45.9 Å². The molecule has 3 aromatic rings. The summed E-state index contributed by atoms with van der Waals surface area (Å²) < 4.78 is 14.9. The van der Waals surface area contributed by atoms with Gasteiger partial charge in [0.25, 0.3) is 5.91 Å². The summed E-state index contributed by atoms with van der Waals surface area (Å²) in [6.45, 7) is 6.12. The number of aliphatic hydroxyl groups excluding tert-OH is 1. The Bertz CT molecular complexity index is 1140. The average Bonchev–Trinajstić information content (AvgIpc) is 3.12. The molecule has 9 heteroatoms. The lowest BCUT2D eigenvalue weighted by molar-refractivity contribution is -0.125. The summed E-state index contributed by atoms with van der Waals surface area (Å²) in [5, 5.41) is 20.0. The number of rotatable bonds is 8. The van der Waals surface area contributed by atoms with Crippen molar-refractivity contribution in [1.82, 2.24) is 20.4 Å². The normalized spacial score (nSPS) is 12.5. The maximum Gasteiger partial charge on any atom is 0.273 e. The van der Waals surface area contributed by atoms with Gasteiger partial charge in [0.05, 0.1) is 17.1 Å². The number of carbonyl (C=O) groups is 2. The Balaban J connectivity index is 1.93. The zero-order valence-electron chi connectivity index (χ0n) is 18.9. The highest BCUT2D eigenvalue weighted by Gasteiger charge is 2.34. The van der Waals surface area contributed by atoms with Crippen LogP contribution in [0.25, 0.3) is 10.9 Å². The molecule has 3 N–H and O–H groups in total. The van der Waals surface area contributed by atoms with Crippen LogP contribution in [-0.2, 0) is 11.3 Å². The van der Waals surface area contributed by atoms with Crippen molar-refractivity contribution in [3.05, 3.63) is 64.6 Å². The number of hydrogen-bond acceptors (Lipinski definition) is 4. The second kappa shape index (κ2) is 10.3. The summed E-state index contributed by atoms with van der Waals surface area (Å²) in [4.78, 5) is 26.0. The molecule has 7 nitrogen and oxygen atoms in total. The average molecular weight is 475 g/mol. The molecule has 1 aromatic heterocycles. The van der Waals surface area contributed by atoms with E-state index < -0.39 is 17.4 Å². The molecule has 0 aliphatic rings. The van der Waals surface area contributed by atoms with E-state index >= 15 is 0 Å². The fourth-order valence-electron chi connectivity index (χ4n) is 3.51. The minimum Gasteiger partial charge on any atom is -0.396 e. The number of benzene rings is 2. The molecule has 0 unspecified atom stereocenters. The molecule has 0 spiro atoms. The number of nitrogens with one attached hydrogen (secondary N) is 2. The first-order valence-electron chi connectivity index (χ1n) is 10.7. The van der Waals surface area contributed by atoms with Crippen molar-refractivity contribution in [2.45, 2.75) is 39.8 Å². The number of fused-ring (bicyclic) bond motifs is 1. The minimum atomic E-state index is -0.819. The van der Waals surface area contributed by atoms with Gasteiger partial charge in [-0.3, -0.25) is 14.3 Å². The summed E-state index contributed by atoms with van der Waals surface area (Å²) in [6, 6.07) is 10.4. The van der Waals surface area contributed by atoms with Crippen LogP contribution in [0, 0.1) is 11.2 Å². The van der Waals surface area contributed by atoms with Gasteiger partial charge in [0.15, 0.2) is 5.69 Å². The lowest BCUT2D eigenvalue weighted by atomic mass is 9.86. The number of halogens is 2. The van der Waals surface area contributed by atoms with Crippen LogP contribution in [0.1, 0.15) is 43.2 Å². The molecule has 1 heterocycles. The molecule has 0 radical (unpaired) electrons. The zero-order chi connectivity index (χ0) is 24.2. The summed E-state index contributed by atoms with van der Waals surface area (Å²) >= 11 is 6.43. The molecular formula is C24H28ClFN4O3. The summed E-state index contributed by atoms with van der Waals surface area (Å²) in [5.41, 5.74) is 0.951. The zero-order valence-corrected chi connectivity index (χ0v) is 19.6. The van der Waals surface area contributed by atoms with Crippen molar-refractivity contribution in [2.24, 2.45) is 5.41 Å². The van der Waals surface area contributed by atoms with Gasteiger partial charge in [0.1, 0.15) is 11.9 Å². The smallest absolute Gasteiger partial charge is 0.273 e. The van der Waals surface area contributed by atoms with Crippen LogP contribution in [0.5, 0.6) is 0 Å². The Hall–Kier alpha value is -2.97. The van der Waals surface area contributed by atoms with E-state index in [9.17, 15) is 14.0 Å². The van der Waals surface area contributed by atoms with Crippen molar-refractivity contribution in [3.63, 3.8) is 0 Å². The number of para-hydroxylation sites is 1. The van der Waals surface area contributed by atoms with Crippen molar-refractivity contribution in [3.8, 4) is 0 Å². The van der Waals surface area contributed by atoms with Crippen LogP contribution in [0.3, 0.4) is 0 Å². The molecule has 0 aliphatic carbocycles. The molecular weight excluding hydrogens is 447 g/mol. The number of aliphatic hydroxyl groups is 1. The first kappa shape index (κ1) is 24.7. The fraction of sp³-hybridized carbons (Fsp3) is 0.375. The van der Waals surface area contributed by atoms with Gasteiger partial charge in [0, 0.05) is 18.5 Å². The molecule has 0 bridgehead atoms. The number of hydrogen-bond donors (Lipinski definition) is 3. The van der Waals surface area contributed by atoms with E-state index in [0.29, 0.717) is 28.9 Å². The van der Waals surface area contributed by atoms with Crippen molar-refractivity contribution >= 4 is 34.3 Å². The SMILES string of the molecule is CC(C)(C)[C@H](NC(=O)c1nn(Cc2ccc(F)cc2)c2c(Cl)cccc12)C(=O)NCCCO. The standard InChI is InChI=1S/C24H28ClFN4O3/c1-24(2,3)21(23(33)27-12-5-13-31)28-22(32)19-17-6-4-7-18(25)20(17)30(29-19)14-15-8-10-16(26)11-9-15/h4,6-11,21,31H,5,12-14H2,1-3H3,(H,27,33)(H,28,32)/t21-/m1/s1. The highest BCUT2D eigenvalue weighted by molar-refractivity contribution is 6.35. The van der Waals surface area contributed by atoms with Crippen molar-refractivity contribution in [1.29, 1.82) is 0 Å². The van der Waals surface area contributed by atoms with E-state index in [1.807, 2.05) is 20.8 Å². The fourth-order valence-corrected chi connectivity index (χ4v) is 3.78. The highest BCUT2D eigenvalue weighted by atomic mass is 35.5. The topological polar surface area (TPSA) is 96.2 Å². The van der Waals surface area contributed by atoms with Crippen LogP contribution >= 0.6 is 11.6 Å². The van der Waals surface area contributed by atoms with Gasteiger partial charge in [-0.1, -0.05) is 56.6 Å². The Morgan fingerprint density at radius 2 is 1.88 bits per heavy atom. The van der Waals surface area contributed by atoms with Crippen LogP contribution in [0.4, 0.5) is 4.39 Å². The summed E-state index contributed by atoms with van der Waals surface area (Å²) in [6.07, 6.45) is 0.424. The van der Waals surface area contributed by atoms with Gasteiger partial charge < -0.3 is 15.7 Å². The first-order chi connectivity index (χ1) is 15.6. The lowest BCUT2D eigenvalue weighted by Crippen LogP contribution is -2.53. The molecule has 1 atom stereocenters. The van der Waals surface area contributed by atoms with Gasteiger partial charge in [-0.15, -0.1) is 0 Å². The molecule has 0 saturated carbocycles. The first-order valence-corrected chi connectivity index (χ1v) is 11.1. The van der Waals surface area contributed by atoms with Gasteiger partial charge in [-0.05, 0) is 35.6 Å². The molecule has 33 heavy (non-hydrogen) atoms. The van der Waals surface area contributed by atoms with Crippen molar-refractivity contribution in [2.75, 3.05) is 13.2 Å². The van der Waals surface area contributed by atoms with E-state index in [-0.39, 0.29) is 30.6 Å². The monoisotopic (exact) mass is 474 g/mol. The molecule has 3 rings (SSSR count). The Labute approximate surface area is 196 Å². The van der Waals surface area contributed by atoms with Crippen LogP contribution in [0.2, 0.25) is 5.02 Å². The third-order valence-corrected chi connectivity index (χ3v) is 5.52. The molecule has 2 aromatic carbocycles. The summed E-state index contributed by atoms with van der Waals surface area (Å²) in [7, 11) is 0. The number of nitrogens with zero attached hydrogens (tertiary/aromatic N) is 2. The van der Waals surface area contributed by atoms with Crippen LogP contribution in [0.15, 0.2) is 42.5 Å². The quantitative estimate of drug-likeness (QED) is 0.435. The van der Waals surface area contributed by atoms with Gasteiger partial charge >= 0.3 is 0 Å². The van der Waals surface area contributed by atoms with Gasteiger partial charge in [-0.2, -0.15) is 5.10 Å². The highest BCUT2D eigenvalue weighted by Crippen LogP contribution is 2.28. The third-order valence-electron chi connectivity index (χ3n) is 5.22. The number of aromatic nitrogens is 2. The van der Waals surface area contributed by atoms with E-state index in [4.69, 9.17) is 16.7 Å². The number of amides is 2. The minimum absolute atomic E-state index is 0.0366. The molecule has 176 valence electrons. The number of carbonyl (C=O) groups excluding carboxylic acids is 2. The predicted molar refractivity (Wildman–Crippen MR) is 126 cm³/mol. The van der Waals surface area contributed by atoms with Crippen molar-refractivity contribution < 1.29 is 19.1 Å². The molecule has 0 fully saturated rings. The third kappa shape index (κ3) is 5.89. The van der Waals surface area contributed by atoms with E-state index in [0.717, 1.165) is 5.56 Å². The predicted octanol–water partition coefficient (Wildman–Crippen LogP) is 3.52. The molecule has 2 amide bonds. The van der Waals surface area contributed by atoms with E-state index in [1.54, 1.807) is 35.0 Å². The lowest BCUT2D eigenvalue weighted by Gasteiger charge is -2.30. The van der Waals surface area contributed by atoms with Crippen LogP contribution < -0.4 is 10.6 Å². The summed E-state index contributed by atoms with van der Waals surface area (Å²) in [5.74, 6) is -1.18. The Morgan fingerprint density at radius 3 is 2.52 bits per heavy atom. The Kier molecular flexibility index (Phi) is 7.71. The second-order valence-corrected chi connectivity index (χ2v) is 9.32. The maximum atomic E-state index is 13.3. The van der Waals surface area contributed by atoms with Gasteiger partial charge in [0.2, 0.25) is 5.91 Å². The largest absolute Gasteiger partial charge is 0.396 e. The second-order valence-electron chi connectivity index (χ2n) is 8.91. The van der Waals surface area contributed by atoms with Gasteiger partial charge in [-0.25, -0.2) is 4.39 Å². The molecule has 0 aliphatic heterocycles.